The van der Waals surface area contributed by atoms with Gasteiger partial charge in [0, 0.05) is 68.0 Å². The normalized spacial score (nSPS) is 20.9. The van der Waals surface area contributed by atoms with E-state index >= 15 is 4.39 Å². The van der Waals surface area contributed by atoms with Crippen molar-refractivity contribution in [3.8, 4) is 11.1 Å². The molecule has 3 aliphatic heterocycles. The number of hydrogen-bond donors (Lipinski definition) is 2. The summed E-state index contributed by atoms with van der Waals surface area (Å²) >= 11 is 0. The summed E-state index contributed by atoms with van der Waals surface area (Å²) in [5.74, 6) is -0.848. The van der Waals surface area contributed by atoms with E-state index in [1.54, 1.807) is 0 Å². The number of ether oxygens (including phenoxy) is 1. The number of hydrogen-bond acceptors (Lipinski definition) is 8. The Kier molecular flexibility index (Phi) is 7.81. The smallest absolute Gasteiger partial charge is 0.378 e. The number of anilines is 3. The minimum Gasteiger partial charge on any atom is -0.378 e. The molecule has 1 amide bonds. The van der Waals surface area contributed by atoms with Crippen molar-refractivity contribution in [3.63, 3.8) is 0 Å². The van der Waals surface area contributed by atoms with E-state index in [0.717, 1.165) is 25.7 Å². The van der Waals surface area contributed by atoms with Gasteiger partial charge in [-0.3, -0.25) is 14.5 Å². The van der Waals surface area contributed by atoms with Gasteiger partial charge >= 0.3 is 6.18 Å². The number of amides is 1. The van der Waals surface area contributed by atoms with Crippen LogP contribution in [0.2, 0.25) is 0 Å². The molecule has 1 aromatic carbocycles. The maximum Gasteiger partial charge on any atom is 0.417 e. The molecule has 10 nitrogen and oxygen atoms in total. The summed E-state index contributed by atoms with van der Waals surface area (Å²) < 4.78 is 62.3. The first kappa shape index (κ1) is 29.1. The van der Waals surface area contributed by atoms with Crippen molar-refractivity contribution >= 4 is 23.2 Å². The van der Waals surface area contributed by atoms with Gasteiger partial charge in [-0.15, -0.1) is 0 Å². The molecule has 0 saturated carbocycles. The molecule has 228 valence electrons. The lowest BCUT2D eigenvalue weighted by Crippen LogP contribution is -2.37. The fraction of sp³-hybridized carbons (Fsp3) is 0.448. The molecule has 0 bridgehead atoms. The number of benzene rings is 1. The molecule has 14 heteroatoms. The molecule has 43 heavy (non-hydrogen) atoms. The first-order valence-electron chi connectivity index (χ1n) is 14.2. The monoisotopic (exact) mass is 601 g/mol. The second-order valence-corrected chi connectivity index (χ2v) is 10.9. The Morgan fingerprint density at radius 2 is 1.84 bits per heavy atom. The molecule has 0 unspecified atom stereocenters. The van der Waals surface area contributed by atoms with Gasteiger partial charge in [0.1, 0.15) is 5.82 Å². The number of pyridine rings is 1. The molecule has 2 atom stereocenters. The van der Waals surface area contributed by atoms with Crippen LogP contribution in [-0.4, -0.2) is 84.3 Å². The van der Waals surface area contributed by atoms with E-state index in [-0.39, 0.29) is 17.3 Å². The second kappa shape index (κ2) is 11.6. The van der Waals surface area contributed by atoms with Gasteiger partial charge in [0.2, 0.25) is 11.5 Å². The Morgan fingerprint density at radius 3 is 2.53 bits per heavy atom. The number of morpholine rings is 1. The molecule has 2 aromatic heterocycles. The summed E-state index contributed by atoms with van der Waals surface area (Å²) in [5, 5.41) is 2.58. The van der Waals surface area contributed by atoms with Crippen molar-refractivity contribution in [2.75, 3.05) is 67.6 Å². The van der Waals surface area contributed by atoms with Gasteiger partial charge in [-0.25, -0.2) is 14.4 Å². The first-order chi connectivity index (χ1) is 20.6. The largest absolute Gasteiger partial charge is 0.417 e. The predicted octanol–water partition coefficient (Wildman–Crippen LogP) is 3.61. The third-order valence-electron chi connectivity index (χ3n) is 8.46. The average molecular weight is 602 g/mol. The number of rotatable bonds is 6. The SMILES string of the molecule is CCN1CC[C@H]2CN(c3cc(F)c(-c4cnc(N5CCOCC5)nc4)cc3NC(=O)c3c[nH]c(=O)cc3C(F)(F)F)C[C@H]21. The van der Waals surface area contributed by atoms with E-state index in [4.69, 9.17) is 4.74 Å². The summed E-state index contributed by atoms with van der Waals surface area (Å²) in [5.41, 5.74) is -2.17. The molecule has 3 aromatic rings. The number of carbonyl (C=O) groups is 1. The van der Waals surface area contributed by atoms with Gasteiger partial charge in [0.15, 0.2) is 0 Å². The van der Waals surface area contributed by atoms with Crippen molar-refractivity contribution in [1.82, 2.24) is 19.9 Å². The molecule has 3 fully saturated rings. The number of carbonyl (C=O) groups excluding carboxylic acids is 1. The molecular formula is C29H31F4N7O3. The van der Waals surface area contributed by atoms with Gasteiger partial charge in [-0.05, 0) is 37.6 Å². The van der Waals surface area contributed by atoms with Crippen LogP contribution in [0.4, 0.5) is 34.9 Å². The number of aromatic nitrogens is 3. The van der Waals surface area contributed by atoms with Crippen molar-refractivity contribution in [3.05, 3.63) is 64.1 Å². The minimum absolute atomic E-state index is 0.0830. The Morgan fingerprint density at radius 1 is 1.09 bits per heavy atom. The predicted molar refractivity (Wildman–Crippen MR) is 152 cm³/mol. The van der Waals surface area contributed by atoms with E-state index in [9.17, 15) is 22.8 Å². The van der Waals surface area contributed by atoms with Gasteiger partial charge < -0.3 is 24.8 Å². The van der Waals surface area contributed by atoms with Crippen LogP contribution in [0.5, 0.6) is 0 Å². The van der Waals surface area contributed by atoms with Crippen LogP contribution >= 0.6 is 0 Å². The lowest BCUT2D eigenvalue weighted by Gasteiger charge is -2.27. The maximum atomic E-state index is 15.8. The van der Waals surface area contributed by atoms with E-state index in [0.29, 0.717) is 68.6 Å². The highest BCUT2D eigenvalue weighted by Crippen LogP contribution is 2.40. The summed E-state index contributed by atoms with van der Waals surface area (Å²) in [6.45, 7) is 7.47. The van der Waals surface area contributed by atoms with Crippen molar-refractivity contribution < 1.29 is 27.1 Å². The van der Waals surface area contributed by atoms with Crippen LogP contribution in [0, 0.1) is 11.7 Å². The molecule has 3 aliphatic rings. The van der Waals surface area contributed by atoms with Crippen molar-refractivity contribution in [2.45, 2.75) is 25.6 Å². The minimum atomic E-state index is -4.94. The number of likely N-dealkylation sites (tertiary alicyclic amines) is 1. The number of alkyl halides is 3. The Balaban J connectivity index is 1.37. The van der Waals surface area contributed by atoms with Crippen LogP contribution in [0.15, 0.2) is 41.6 Å². The van der Waals surface area contributed by atoms with Crippen molar-refractivity contribution in [1.29, 1.82) is 0 Å². The van der Waals surface area contributed by atoms with Crippen molar-refractivity contribution in [2.24, 2.45) is 5.92 Å². The summed E-state index contributed by atoms with van der Waals surface area (Å²) in [6, 6.07) is 3.31. The summed E-state index contributed by atoms with van der Waals surface area (Å²) in [7, 11) is 0. The molecule has 0 aliphatic carbocycles. The maximum absolute atomic E-state index is 15.8. The number of nitrogens with one attached hydrogen (secondary N) is 2. The highest BCUT2D eigenvalue weighted by atomic mass is 19.4. The van der Waals surface area contributed by atoms with Crippen LogP contribution in [0.25, 0.3) is 11.1 Å². The van der Waals surface area contributed by atoms with Crippen LogP contribution in [0.1, 0.15) is 29.3 Å². The van der Waals surface area contributed by atoms with E-state index in [1.807, 2.05) is 9.80 Å². The fourth-order valence-corrected chi connectivity index (χ4v) is 6.25. The Hall–Kier alpha value is -4.04. The molecule has 0 spiro atoms. The molecule has 6 rings (SSSR count). The zero-order valence-corrected chi connectivity index (χ0v) is 23.5. The van der Waals surface area contributed by atoms with Gasteiger partial charge in [0.05, 0.1) is 35.7 Å². The highest BCUT2D eigenvalue weighted by Gasteiger charge is 2.41. The standard InChI is InChI=1S/C29H31F4N7O3/c1-2-38-4-3-17-15-40(16-25(17)38)24-11-22(30)19(18-12-35-28(36-13-18)39-5-7-43-8-6-39)9-23(24)37-27(42)20-14-34-26(41)10-21(20)29(31,32)33/h9-14,17,25H,2-8,15-16H2,1H3,(H,34,41)(H,37,42)/t17-,25+/m0/s1. The van der Waals surface area contributed by atoms with E-state index in [2.05, 4.69) is 32.1 Å². The third-order valence-corrected chi connectivity index (χ3v) is 8.46. The zero-order chi connectivity index (χ0) is 30.3. The van der Waals surface area contributed by atoms with Gasteiger partial charge in [0.25, 0.3) is 5.91 Å². The number of fused-ring (bicyclic) bond motifs is 1. The van der Waals surface area contributed by atoms with Crippen LogP contribution in [-0.2, 0) is 10.9 Å². The van der Waals surface area contributed by atoms with E-state index < -0.39 is 34.6 Å². The lowest BCUT2D eigenvalue weighted by molar-refractivity contribution is -0.138. The summed E-state index contributed by atoms with van der Waals surface area (Å²) in [6.07, 6.45) is -0.263. The number of H-pyrrole nitrogens is 1. The first-order valence-corrected chi connectivity index (χ1v) is 14.2. The zero-order valence-electron chi connectivity index (χ0n) is 23.5. The van der Waals surface area contributed by atoms with Gasteiger partial charge in [-0.2, -0.15) is 13.2 Å². The number of likely N-dealkylation sites (N-methyl/N-ethyl adjacent to an activating group) is 1. The lowest BCUT2D eigenvalue weighted by atomic mass is 10.0. The average Bonchev–Trinajstić information content (AvgIpc) is 3.59. The quantitative estimate of drug-likeness (QED) is 0.413. The second-order valence-electron chi connectivity index (χ2n) is 10.9. The number of aromatic amines is 1. The number of nitrogens with zero attached hydrogens (tertiary/aromatic N) is 5. The highest BCUT2D eigenvalue weighted by molar-refractivity contribution is 6.07. The molecule has 2 N–H and O–H groups in total. The fourth-order valence-electron chi connectivity index (χ4n) is 6.25. The van der Waals surface area contributed by atoms with E-state index in [1.165, 1.54) is 24.5 Å². The number of halogens is 4. The summed E-state index contributed by atoms with van der Waals surface area (Å²) in [4.78, 5) is 42.2. The third kappa shape index (κ3) is 5.80. The molecular weight excluding hydrogens is 570 g/mol. The Labute approximate surface area is 244 Å². The van der Waals surface area contributed by atoms with Crippen LogP contribution in [0.3, 0.4) is 0 Å². The Bertz CT molecular complexity index is 1560. The van der Waals surface area contributed by atoms with Crippen LogP contribution < -0.4 is 20.7 Å². The molecule has 5 heterocycles. The van der Waals surface area contributed by atoms with Gasteiger partial charge in [-0.1, -0.05) is 6.92 Å². The topological polar surface area (TPSA) is 107 Å². The molecule has 3 saturated heterocycles. The molecule has 0 radical (unpaired) electrons.